The number of rotatable bonds is 7. The van der Waals surface area contributed by atoms with Crippen molar-refractivity contribution in [3.05, 3.63) is 59.7 Å². The summed E-state index contributed by atoms with van der Waals surface area (Å²) in [5, 5.41) is 15.0. The molecular weight excluding hydrogens is 420 g/mol. The molecule has 2 fully saturated rings. The van der Waals surface area contributed by atoms with Crippen molar-refractivity contribution in [1.29, 1.82) is 0 Å². The zero-order chi connectivity index (χ0) is 22.9. The second-order valence-corrected chi connectivity index (χ2v) is 9.28. The van der Waals surface area contributed by atoms with E-state index in [1.807, 2.05) is 24.3 Å². The van der Waals surface area contributed by atoms with Gasteiger partial charge in [-0.15, -0.1) is 0 Å². The first-order valence-electron chi connectivity index (χ1n) is 11.7. The van der Waals surface area contributed by atoms with Crippen molar-refractivity contribution in [3.63, 3.8) is 0 Å². The Hall–Kier alpha value is -3.35. The zero-order valence-electron chi connectivity index (χ0n) is 18.3. The van der Waals surface area contributed by atoms with Crippen molar-refractivity contribution in [2.45, 2.75) is 50.1 Å². The molecule has 1 unspecified atom stereocenters. The third-order valence-corrected chi connectivity index (χ3v) is 7.15. The van der Waals surface area contributed by atoms with Crippen LogP contribution in [-0.4, -0.2) is 41.8 Å². The molecule has 5 rings (SSSR count). The predicted molar refractivity (Wildman–Crippen MR) is 122 cm³/mol. The second kappa shape index (κ2) is 8.89. The first-order chi connectivity index (χ1) is 16.0. The quantitative estimate of drug-likeness (QED) is 0.599. The van der Waals surface area contributed by atoms with Gasteiger partial charge >= 0.3 is 12.1 Å². The smallest absolute Gasteiger partial charge is 0.407 e. The summed E-state index contributed by atoms with van der Waals surface area (Å²) in [5.41, 5.74) is 4.57. The first-order valence-corrected chi connectivity index (χ1v) is 11.7. The molecule has 7 heteroatoms. The largest absolute Gasteiger partial charge is 0.481 e. The zero-order valence-corrected chi connectivity index (χ0v) is 18.3. The number of amides is 2. The molecule has 2 saturated carbocycles. The highest BCUT2D eigenvalue weighted by Gasteiger charge is 2.41. The van der Waals surface area contributed by atoms with Crippen LogP contribution in [-0.2, 0) is 14.3 Å². The number of ether oxygens (including phenoxy) is 1. The van der Waals surface area contributed by atoms with Crippen LogP contribution in [0.3, 0.4) is 0 Å². The van der Waals surface area contributed by atoms with E-state index < -0.39 is 24.0 Å². The topological polar surface area (TPSA) is 105 Å². The molecule has 0 saturated heterocycles. The summed E-state index contributed by atoms with van der Waals surface area (Å²) in [4.78, 5) is 37.0. The summed E-state index contributed by atoms with van der Waals surface area (Å²) in [7, 11) is 0. The Balaban J connectivity index is 1.22. The van der Waals surface area contributed by atoms with Crippen molar-refractivity contribution in [3.8, 4) is 11.1 Å². The van der Waals surface area contributed by atoms with Crippen LogP contribution >= 0.6 is 0 Å². The Labute approximate surface area is 192 Å². The van der Waals surface area contributed by atoms with Crippen molar-refractivity contribution < 1.29 is 24.2 Å². The Morgan fingerprint density at radius 1 is 0.939 bits per heavy atom. The maximum atomic E-state index is 12.9. The van der Waals surface area contributed by atoms with Gasteiger partial charge in [0.1, 0.15) is 12.6 Å². The van der Waals surface area contributed by atoms with Gasteiger partial charge in [-0.3, -0.25) is 9.59 Å². The Morgan fingerprint density at radius 2 is 1.58 bits per heavy atom. The number of hydrogen-bond donors (Lipinski definition) is 3. The highest BCUT2D eigenvalue weighted by atomic mass is 16.5. The number of aliphatic carboxylic acids is 1. The number of carboxylic acid groups (broad SMARTS) is 1. The third-order valence-electron chi connectivity index (χ3n) is 7.15. The average molecular weight is 449 g/mol. The van der Waals surface area contributed by atoms with E-state index in [0.29, 0.717) is 12.8 Å². The molecule has 3 aliphatic rings. The monoisotopic (exact) mass is 448 g/mol. The van der Waals surface area contributed by atoms with E-state index in [9.17, 15) is 19.5 Å². The molecule has 0 radical (unpaired) electrons. The van der Waals surface area contributed by atoms with Crippen LogP contribution in [0, 0.1) is 11.8 Å². The van der Waals surface area contributed by atoms with Crippen LogP contribution in [0.2, 0.25) is 0 Å². The average Bonchev–Trinajstić information content (AvgIpc) is 3.46. The molecule has 0 spiro atoms. The van der Waals surface area contributed by atoms with E-state index in [1.165, 1.54) is 0 Å². The van der Waals surface area contributed by atoms with Crippen LogP contribution in [0.25, 0.3) is 11.1 Å². The molecule has 0 aromatic heterocycles. The number of fused-ring (bicyclic) bond motifs is 3. The van der Waals surface area contributed by atoms with Crippen molar-refractivity contribution in [2.75, 3.05) is 6.61 Å². The highest BCUT2D eigenvalue weighted by molar-refractivity contribution is 5.87. The molecule has 33 heavy (non-hydrogen) atoms. The van der Waals surface area contributed by atoms with Crippen molar-refractivity contribution >= 4 is 18.0 Å². The normalized spacial score (nSPS) is 22.2. The molecule has 2 amide bonds. The minimum Gasteiger partial charge on any atom is -0.481 e. The van der Waals surface area contributed by atoms with Gasteiger partial charge in [-0.05, 0) is 53.9 Å². The third kappa shape index (κ3) is 4.32. The molecule has 3 N–H and O–H groups in total. The summed E-state index contributed by atoms with van der Waals surface area (Å²) < 4.78 is 5.60. The number of carboxylic acids is 1. The van der Waals surface area contributed by atoms with Crippen LogP contribution in [0.1, 0.15) is 49.1 Å². The SMILES string of the molecule is O=C(NC(C(=O)N[C@H]1CCC[C@H]1C(=O)O)C1CC1)OCC1c2ccccc2-c2ccccc21. The first kappa shape index (κ1) is 21.5. The van der Waals surface area contributed by atoms with E-state index >= 15 is 0 Å². The maximum Gasteiger partial charge on any atom is 0.407 e. The fraction of sp³-hybridized carbons (Fsp3) is 0.423. The van der Waals surface area contributed by atoms with Gasteiger partial charge in [-0.25, -0.2) is 4.79 Å². The van der Waals surface area contributed by atoms with Crippen LogP contribution in [0.4, 0.5) is 4.79 Å². The number of nitrogens with one attached hydrogen (secondary N) is 2. The summed E-state index contributed by atoms with van der Waals surface area (Å²) in [6.07, 6.45) is 3.07. The number of carbonyl (C=O) groups excluding carboxylic acids is 2. The van der Waals surface area contributed by atoms with Crippen LogP contribution in [0.15, 0.2) is 48.5 Å². The Morgan fingerprint density at radius 3 is 2.18 bits per heavy atom. The van der Waals surface area contributed by atoms with Gasteiger partial charge in [0.05, 0.1) is 5.92 Å². The molecule has 0 bridgehead atoms. The van der Waals surface area contributed by atoms with Gasteiger partial charge < -0.3 is 20.5 Å². The molecule has 3 atom stereocenters. The fourth-order valence-corrected chi connectivity index (χ4v) is 5.29. The molecule has 0 aliphatic heterocycles. The van der Waals surface area contributed by atoms with E-state index in [4.69, 9.17) is 4.74 Å². The Kier molecular flexibility index (Phi) is 5.79. The van der Waals surface area contributed by atoms with Crippen LogP contribution < -0.4 is 10.6 Å². The van der Waals surface area contributed by atoms with E-state index in [0.717, 1.165) is 41.5 Å². The van der Waals surface area contributed by atoms with E-state index in [-0.39, 0.29) is 30.4 Å². The lowest BCUT2D eigenvalue weighted by molar-refractivity contribution is -0.142. The molecule has 3 aliphatic carbocycles. The van der Waals surface area contributed by atoms with Crippen molar-refractivity contribution in [2.24, 2.45) is 11.8 Å². The van der Waals surface area contributed by atoms with Gasteiger partial charge in [0.15, 0.2) is 0 Å². The molecule has 172 valence electrons. The minimum atomic E-state index is -0.884. The lowest BCUT2D eigenvalue weighted by Crippen LogP contribution is -2.52. The number of carbonyl (C=O) groups is 3. The summed E-state index contributed by atoms with van der Waals surface area (Å²) in [6, 6.07) is 15.2. The van der Waals surface area contributed by atoms with Gasteiger partial charge in [0.2, 0.25) is 5.91 Å². The lowest BCUT2D eigenvalue weighted by Gasteiger charge is -2.23. The molecular formula is C26H28N2O5. The van der Waals surface area contributed by atoms with Crippen LogP contribution in [0.5, 0.6) is 0 Å². The van der Waals surface area contributed by atoms with Gasteiger partial charge in [0, 0.05) is 12.0 Å². The summed E-state index contributed by atoms with van der Waals surface area (Å²) in [6.45, 7) is 0.183. The summed E-state index contributed by atoms with van der Waals surface area (Å²) >= 11 is 0. The van der Waals surface area contributed by atoms with Gasteiger partial charge in [-0.1, -0.05) is 55.0 Å². The molecule has 2 aromatic rings. The lowest BCUT2D eigenvalue weighted by atomic mass is 9.98. The van der Waals surface area contributed by atoms with Crippen molar-refractivity contribution in [1.82, 2.24) is 10.6 Å². The molecule has 2 aromatic carbocycles. The second-order valence-electron chi connectivity index (χ2n) is 9.28. The van der Waals surface area contributed by atoms with Gasteiger partial charge in [0.25, 0.3) is 0 Å². The number of hydrogen-bond acceptors (Lipinski definition) is 4. The van der Waals surface area contributed by atoms with E-state index in [2.05, 4.69) is 34.9 Å². The number of alkyl carbamates (subject to hydrolysis) is 1. The maximum absolute atomic E-state index is 12.9. The summed E-state index contributed by atoms with van der Waals surface area (Å²) in [5.74, 6) is -1.75. The van der Waals surface area contributed by atoms with Gasteiger partial charge in [-0.2, -0.15) is 0 Å². The highest BCUT2D eigenvalue weighted by Crippen LogP contribution is 2.44. The molecule has 7 nitrogen and oxygen atoms in total. The fourth-order valence-electron chi connectivity index (χ4n) is 5.29. The standard InChI is InChI=1S/C26H28N2O5/c29-24(27-22-11-5-10-20(22)25(30)31)23(15-12-13-15)28-26(32)33-14-21-18-8-3-1-6-16(18)17-7-2-4-9-19(17)21/h1-4,6-9,15,20-23H,5,10-14H2,(H,27,29)(H,28,32)(H,30,31)/t20-,22+,23?/m1/s1. The molecule has 0 heterocycles. The Bertz CT molecular complexity index is 1030. The predicted octanol–water partition coefficient (Wildman–Crippen LogP) is 3.67. The minimum absolute atomic E-state index is 0.0498. The van der Waals surface area contributed by atoms with E-state index in [1.54, 1.807) is 0 Å². The number of benzene rings is 2.